The first-order chi connectivity index (χ1) is 18.5. The third-order valence-corrected chi connectivity index (χ3v) is 7.09. The summed E-state index contributed by atoms with van der Waals surface area (Å²) in [5.74, 6) is 1.49. The quantitative estimate of drug-likeness (QED) is 0.291. The molecule has 0 spiro atoms. The standard InChI is InChI=1S/C33H34N2O3/c1-23-5-4-6-26(21-23)31-22-27(11-16-32(31)37-3)33(36)34-28-12-7-24(8-13-28)25-9-14-29(15-10-25)38-30-17-19-35(2)20-18-30/h4-16,21-22,30H,17-20H2,1-3H3,(H,34,36). The van der Waals surface area contributed by atoms with Gasteiger partial charge in [-0.15, -0.1) is 0 Å². The van der Waals surface area contributed by atoms with Crippen molar-refractivity contribution in [3.63, 3.8) is 0 Å². The Morgan fingerprint density at radius 1 is 0.842 bits per heavy atom. The number of rotatable bonds is 7. The molecular weight excluding hydrogens is 472 g/mol. The lowest BCUT2D eigenvalue weighted by Gasteiger charge is -2.29. The maximum absolute atomic E-state index is 13.1. The summed E-state index contributed by atoms with van der Waals surface area (Å²) in [7, 11) is 3.80. The van der Waals surface area contributed by atoms with Gasteiger partial charge in [0.25, 0.3) is 5.91 Å². The first kappa shape index (κ1) is 25.6. The molecule has 1 aliphatic rings. The van der Waals surface area contributed by atoms with E-state index in [0.29, 0.717) is 11.7 Å². The van der Waals surface area contributed by atoms with Crippen molar-refractivity contribution in [1.29, 1.82) is 0 Å². The van der Waals surface area contributed by atoms with Crippen LogP contribution in [0.5, 0.6) is 11.5 Å². The average Bonchev–Trinajstić information content (AvgIpc) is 2.95. The number of ether oxygens (including phenoxy) is 2. The molecule has 1 N–H and O–H groups in total. The zero-order chi connectivity index (χ0) is 26.5. The Morgan fingerprint density at radius 2 is 1.53 bits per heavy atom. The minimum absolute atomic E-state index is 0.162. The Morgan fingerprint density at radius 3 is 2.18 bits per heavy atom. The number of likely N-dealkylation sites (tertiary alicyclic amines) is 1. The summed E-state index contributed by atoms with van der Waals surface area (Å²) in [5, 5.41) is 3.02. The van der Waals surface area contributed by atoms with E-state index < -0.39 is 0 Å². The van der Waals surface area contributed by atoms with Crippen molar-refractivity contribution in [2.75, 3.05) is 32.6 Å². The summed E-state index contributed by atoms with van der Waals surface area (Å²) >= 11 is 0. The van der Waals surface area contributed by atoms with Gasteiger partial charge in [0.1, 0.15) is 17.6 Å². The second-order valence-electron chi connectivity index (χ2n) is 9.96. The molecular formula is C33H34N2O3. The molecule has 1 saturated heterocycles. The van der Waals surface area contributed by atoms with Gasteiger partial charge in [-0.1, -0.05) is 54.1 Å². The van der Waals surface area contributed by atoms with E-state index in [0.717, 1.165) is 70.9 Å². The number of benzene rings is 4. The Kier molecular flexibility index (Phi) is 7.75. The smallest absolute Gasteiger partial charge is 0.255 e. The summed E-state index contributed by atoms with van der Waals surface area (Å²) in [4.78, 5) is 15.4. The van der Waals surface area contributed by atoms with Crippen molar-refractivity contribution in [2.24, 2.45) is 0 Å². The van der Waals surface area contributed by atoms with Crippen LogP contribution < -0.4 is 14.8 Å². The number of nitrogens with zero attached hydrogens (tertiary/aromatic N) is 1. The molecule has 0 aliphatic carbocycles. The molecule has 4 aromatic rings. The summed E-state index contributed by atoms with van der Waals surface area (Å²) < 4.78 is 11.7. The van der Waals surface area contributed by atoms with Gasteiger partial charge in [0, 0.05) is 29.9 Å². The number of aryl methyl sites for hydroxylation is 1. The lowest BCUT2D eigenvalue weighted by molar-refractivity contribution is 0.102. The van der Waals surface area contributed by atoms with Crippen molar-refractivity contribution < 1.29 is 14.3 Å². The molecule has 0 bridgehead atoms. The van der Waals surface area contributed by atoms with Crippen LogP contribution >= 0.6 is 0 Å². The maximum Gasteiger partial charge on any atom is 0.255 e. The van der Waals surface area contributed by atoms with E-state index in [2.05, 4.69) is 48.5 Å². The maximum atomic E-state index is 13.1. The second kappa shape index (κ2) is 11.5. The third kappa shape index (κ3) is 6.06. The van der Waals surface area contributed by atoms with Gasteiger partial charge in [-0.25, -0.2) is 0 Å². The normalized spacial score (nSPS) is 14.2. The predicted molar refractivity (Wildman–Crippen MR) is 154 cm³/mol. The number of piperidine rings is 1. The summed E-state index contributed by atoms with van der Waals surface area (Å²) in [6.07, 6.45) is 2.42. The monoisotopic (exact) mass is 506 g/mol. The Bertz CT molecular complexity index is 1390. The van der Waals surface area contributed by atoms with Crippen molar-refractivity contribution in [3.8, 4) is 33.8 Å². The van der Waals surface area contributed by atoms with E-state index in [9.17, 15) is 4.79 Å². The third-order valence-electron chi connectivity index (χ3n) is 7.09. The van der Waals surface area contributed by atoms with Gasteiger partial charge < -0.3 is 19.7 Å². The SMILES string of the molecule is COc1ccc(C(=O)Nc2ccc(-c3ccc(OC4CCN(C)CC4)cc3)cc2)cc1-c1cccc(C)c1. The van der Waals surface area contributed by atoms with Gasteiger partial charge in [-0.3, -0.25) is 4.79 Å². The van der Waals surface area contributed by atoms with Crippen molar-refractivity contribution >= 4 is 11.6 Å². The number of hydrogen-bond acceptors (Lipinski definition) is 4. The van der Waals surface area contributed by atoms with Gasteiger partial charge in [-0.05, 0) is 86.0 Å². The molecule has 0 unspecified atom stereocenters. The fraction of sp³-hybridized carbons (Fsp3) is 0.242. The van der Waals surface area contributed by atoms with Crippen LogP contribution in [0, 0.1) is 6.92 Å². The van der Waals surface area contributed by atoms with Crippen LogP contribution in [-0.2, 0) is 0 Å². The zero-order valence-corrected chi connectivity index (χ0v) is 22.2. The second-order valence-corrected chi connectivity index (χ2v) is 9.96. The lowest BCUT2D eigenvalue weighted by atomic mass is 10.00. The van der Waals surface area contributed by atoms with Gasteiger partial charge in [0.05, 0.1) is 7.11 Å². The number of anilines is 1. The van der Waals surface area contributed by atoms with Crippen molar-refractivity contribution in [1.82, 2.24) is 4.90 Å². The molecule has 0 saturated carbocycles. The van der Waals surface area contributed by atoms with Crippen molar-refractivity contribution in [3.05, 3.63) is 102 Å². The minimum Gasteiger partial charge on any atom is -0.496 e. The summed E-state index contributed by atoms with van der Waals surface area (Å²) in [6.45, 7) is 4.21. The Hall–Kier alpha value is -4.09. The van der Waals surface area contributed by atoms with E-state index >= 15 is 0 Å². The molecule has 5 rings (SSSR count). The highest BCUT2D eigenvalue weighted by molar-refractivity contribution is 6.05. The number of methoxy groups -OCH3 is 1. The van der Waals surface area contributed by atoms with E-state index in [4.69, 9.17) is 9.47 Å². The van der Waals surface area contributed by atoms with E-state index in [1.165, 1.54) is 0 Å². The highest BCUT2D eigenvalue weighted by Gasteiger charge is 2.18. The van der Waals surface area contributed by atoms with Crippen LogP contribution in [-0.4, -0.2) is 44.2 Å². The van der Waals surface area contributed by atoms with Gasteiger partial charge in [-0.2, -0.15) is 0 Å². The van der Waals surface area contributed by atoms with Crippen LogP contribution in [0.1, 0.15) is 28.8 Å². The van der Waals surface area contributed by atoms with E-state index in [1.54, 1.807) is 13.2 Å². The Labute approximate surface area is 225 Å². The van der Waals surface area contributed by atoms with Crippen LogP contribution in [0.4, 0.5) is 5.69 Å². The molecule has 1 amide bonds. The highest BCUT2D eigenvalue weighted by Crippen LogP contribution is 2.32. The molecule has 38 heavy (non-hydrogen) atoms. The summed E-state index contributed by atoms with van der Waals surface area (Å²) in [6, 6.07) is 29.8. The number of carbonyl (C=O) groups is 1. The molecule has 4 aromatic carbocycles. The van der Waals surface area contributed by atoms with E-state index in [1.807, 2.05) is 60.7 Å². The number of carbonyl (C=O) groups excluding carboxylic acids is 1. The van der Waals surface area contributed by atoms with Gasteiger partial charge >= 0.3 is 0 Å². The van der Waals surface area contributed by atoms with Crippen LogP contribution in [0.15, 0.2) is 91.0 Å². The van der Waals surface area contributed by atoms with Crippen molar-refractivity contribution in [2.45, 2.75) is 25.9 Å². The predicted octanol–water partition coefficient (Wildman–Crippen LogP) is 7.06. The molecule has 0 atom stereocenters. The fourth-order valence-corrected chi connectivity index (χ4v) is 4.86. The highest BCUT2D eigenvalue weighted by atomic mass is 16.5. The Balaban J connectivity index is 1.25. The molecule has 194 valence electrons. The fourth-order valence-electron chi connectivity index (χ4n) is 4.86. The topological polar surface area (TPSA) is 50.8 Å². The first-order valence-corrected chi connectivity index (χ1v) is 13.1. The van der Waals surface area contributed by atoms with Gasteiger partial charge in [0.2, 0.25) is 0 Å². The zero-order valence-electron chi connectivity index (χ0n) is 22.2. The lowest BCUT2D eigenvalue weighted by Crippen LogP contribution is -2.35. The van der Waals surface area contributed by atoms with Crippen LogP contribution in [0.2, 0.25) is 0 Å². The number of nitrogens with one attached hydrogen (secondary N) is 1. The average molecular weight is 507 g/mol. The first-order valence-electron chi connectivity index (χ1n) is 13.1. The molecule has 1 aliphatic heterocycles. The van der Waals surface area contributed by atoms with Crippen LogP contribution in [0.3, 0.4) is 0 Å². The van der Waals surface area contributed by atoms with Gasteiger partial charge in [0.15, 0.2) is 0 Å². The molecule has 0 aromatic heterocycles. The largest absolute Gasteiger partial charge is 0.496 e. The molecule has 5 heteroatoms. The van der Waals surface area contributed by atoms with Crippen LogP contribution in [0.25, 0.3) is 22.3 Å². The molecule has 1 heterocycles. The molecule has 5 nitrogen and oxygen atoms in total. The minimum atomic E-state index is -0.162. The van der Waals surface area contributed by atoms with E-state index in [-0.39, 0.29) is 5.91 Å². The molecule has 0 radical (unpaired) electrons. The number of hydrogen-bond donors (Lipinski definition) is 1. The summed E-state index contributed by atoms with van der Waals surface area (Å²) in [5.41, 5.74) is 6.57. The molecule has 1 fully saturated rings. The number of amides is 1.